The molecule has 3 heteroatoms. The molecular formula is C57H96N2Ni. The fraction of sp³-hybridized carbons (Fsp3) is 0.684. The van der Waals surface area contributed by atoms with E-state index in [2.05, 4.69) is 104 Å². The van der Waals surface area contributed by atoms with Crippen LogP contribution in [0.4, 0.5) is 0 Å². The van der Waals surface area contributed by atoms with E-state index in [4.69, 9.17) is 0 Å². The van der Waals surface area contributed by atoms with Crippen molar-refractivity contribution in [2.75, 3.05) is 0 Å². The Labute approximate surface area is 385 Å². The van der Waals surface area contributed by atoms with Gasteiger partial charge in [0, 0.05) is 22.3 Å². The van der Waals surface area contributed by atoms with Crippen molar-refractivity contribution in [1.29, 1.82) is 0 Å². The van der Waals surface area contributed by atoms with Gasteiger partial charge in [-0.05, 0) is 80.8 Å². The Morgan fingerprint density at radius 2 is 0.733 bits per heavy atom. The topological polar surface area (TPSA) is 25.3 Å². The molecule has 3 rings (SSSR count). The molecule has 0 spiro atoms. The van der Waals surface area contributed by atoms with E-state index in [-0.39, 0.29) is 16.5 Å². The molecular weight excluding hydrogens is 771 g/mol. The van der Waals surface area contributed by atoms with E-state index < -0.39 is 0 Å². The van der Waals surface area contributed by atoms with Crippen LogP contribution in [0.25, 0.3) is 16.9 Å². The van der Waals surface area contributed by atoms with Gasteiger partial charge < -0.3 is 19.4 Å². The van der Waals surface area contributed by atoms with Gasteiger partial charge in [-0.15, -0.1) is 0 Å². The first kappa shape index (κ1) is 58.0. The molecule has 344 valence electrons. The summed E-state index contributed by atoms with van der Waals surface area (Å²) in [5.41, 5.74) is 21.4. The van der Waals surface area contributed by atoms with E-state index in [1.807, 2.05) is 0 Å². The van der Waals surface area contributed by atoms with Gasteiger partial charge in [0.1, 0.15) is 0 Å². The number of nitrogens with zero attached hydrogens (tertiary/aromatic N) is 2. The van der Waals surface area contributed by atoms with Crippen molar-refractivity contribution in [3.8, 4) is 0 Å². The first-order chi connectivity index (χ1) is 28.9. The number of hydrogen-bond acceptors (Lipinski definition) is 0. The van der Waals surface area contributed by atoms with E-state index in [0.717, 1.165) is 54.6 Å². The molecule has 1 aliphatic rings. The van der Waals surface area contributed by atoms with Crippen molar-refractivity contribution >= 4 is 11.4 Å². The van der Waals surface area contributed by atoms with E-state index in [1.165, 1.54) is 207 Å². The number of hydrogen-bond donors (Lipinski definition) is 0. The summed E-state index contributed by atoms with van der Waals surface area (Å²) in [5.74, 6) is 0. The normalized spacial score (nSPS) is 12.3. The Bertz CT molecular complexity index is 1340. The number of allylic oxidation sites excluding steroid dienone is 2. The van der Waals surface area contributed by atoms with Crippen LogP contribution in [0, 0.1) is 13.8 Å². The first-order valence-corrected chi connectivity index (χ1v) is 25.6. The second-order valence-electron chi connectivity index (χ2n) is 17.6. The monoisotopic (exact) mass is 867 g/mol. The van der Waals surface area contributed by atoms with Crippen LogP contribution in [0.3, 0.4) is 0 Å². The summed E-state index contributed by atoms with van der Waals surface area (Å²) in [6.07, 6.45) is 42.9. The molecule has 0 aromatic heterocycles. The second-order valence-corrected chi connectivity index (χ2v) is 17.6. The third kappa shape index (κ3) is 26.5. The van der Waals surface area contributed by atoms with E-state index >= 15 is 0 Å². The Kier molecular flexibility index (Phi) is 39.7. The van der Waals surface area contributed by atoms with Crippen LogP contribution in [0.15, 0.2) is 59.7 Å². The Morgan fingerprint density at radius 1 is 0.417 bits per heavy atom. The summed E-state index contributed by atoms with van der Waals surface area (Å²) >= 11 is 0. The van der Waals surface area contributed by atoms with Crippen LogP contribution in [-0.4, -0.2) is 4.70 Å². The molecule has 2 aromatic rings. The minimum absolute atomic E-state index is 0. The van der Waals surface area contributed by atoms with Crippen LogP contribution in [0.5, 0.6) is 0 Å². The maximum absolute atomic E-state index is 11.8. The van der Waals surface area contributed by atoms with Crippen molar-refractivity contribution in [3.05, 3.63) is 101 Å². The van der Waals surface area contributed by atoms with E-state index in [1.54, 1.807) is 0 Å². The summed E-state index contributed by atoms with van der Waals surface area (Å²) in [7, 11) is 0. The molecule has 1 aliphatic heterocycles. The fourth-order valence-corrected chi connectivity index (χ4v) is 8.27. The minimum atomic E-state index is 0. The second kappa shape index (κ2) is 41.0. The van der Waals surface area contributed by atoms with Gasteiger partial charge in [0.15, 0.2) is 0 Å². The van der Waals surface area contributed by atoms with Gasteiger partial charge in [0.05, 0.1) is 0 Å². The Morgan fingerprint density at radius 3 is 1.12 bits per heavy atom. The summed E-state index contributed by atoms with van der Waals surface area (Å²) in [5, 5.41) is 0. The smallest absolute Gasteiger partial charge is 0.493 e. The van der Waals surface area contributed by atoms with E-state index in [0.29, 0.717) is 0 Å². The average Bonchev–Trinajstić information content (AvgIpc) is 3.50. The van der Waals surface area contributed by atoms with Gasteiger partial charge in [0.25, 0.3) is 0 Å². The van der Waals surface area contributed by atoms with Crippen LogP contribution >= 0.6 is 0 Å². The molecule has 1 heterocycles. The maximum atomic E-state index is 11.8. The predicted molar refractivity (Wildman–Crippen MR) is 266 cm³/mol. The zero-order valence-electron chi connectivity index (χ0n) is 40.6. The number of aryl methyl sites for hydroxylation is 2. The quantitative estimate of drug-likeness (QED) is 0.0296. The van der Waals surface area contributed by atoms with Gasteiger partial charge in [-0.3, -0.25) is 0 Å². The summed E-state index contributed by atoms with van der Waals surface area (Å²) < 4.78 is 1.53. The van der Waals surface area contributed by atoms with Crippen LogP contribution < -0.4 is 0 Å². The molecule has 2 aromatic carbocycles. The maximum Gasteiger partial charge on any atom is 2.00 e. The van der Waals surface area contributed by atoms with Crippen molar-refractivity contribution in [2.45, 2.75) is 253 Å². The minimum Gasteiger partial charge on any atom is -0.493 e. The van der Waals surface area contributed by atoms with Gasteiger partial charge >= 0.3 is 16.5 Å². The molecule has 0 fully saturated rings. The molecule has 0 atom stereocenters. The standard InChI is InChI=1S/C39H58N2.2C9H19.Ni/c1-5-8-11-14-16-18-23-33-25-21-27-35(30-33)38-32(4)37(29-20-13-10-7-3)39(41(38)40)36-28-22-26-34(31-36)24-19-17-15-12-9-6-2;2*1-3-5-7-9-8-6-4-2;/h21-22,25-28,30-31H,5-20,23-24,29H2,1-4H3;2*1,3-9H2,2H3;/q;2*-1;+2. The van der Waals surface area contributed by atoms with E-state index in [9.17, 15) is 5.53 Å². The van der Waals surface area contributed by atoms with Gasteiger partial charge in [-0.25, -0.2) is 4.70 Å². The van der Waals surface area contributed by atoms with Crippen molar-refractivity contribution in [3.63, 3.8) is 0 Å². The third-order valence-electron chi connectivity index (χ3n) is 12.0. The molecule has 0 unspecified atom stereocenters. The van der Waals surface area contributed by atoms with Crippen LogP contribution in [0.1, 0.15) is 263 Å². The molecule has 0 saturated carbocycles. The zero-order chi connectivity index (χ0) is 43.2. The summed E-state index contributed by atoms with van der Waals surface area (Å²) in [6, 6.07) is 17.9. The molecule has 0 saturated heterocycles. The van der Waals surface area contributed by atoms with Crippen LogP contribution in [-0.2, 0) is 29.3 Å². The molecule has 0 N–H and O–H groups in total. The van der Waals surface area contributed by atoms with Crippen LogP contribution in [0.2, 0.25) is 0 Å². The summed E-state index contributed by atoms with van der Waals surface area (Å²) in [6.45, 7) is 21.2. The van der Waals surface area contributed by atoms with Crippen molar-refractivity contribution in [1.82, 2.24) is 0 Å². The van der Waals surface area contributed by atoms with Crippen molar-refractivity contribution < 1.29 is 21.2 Å². The number of benzene rings is 2. The Hall–Kier alpha value is -1.99. The third-order valence-corrected chi connectivity index (χ3v) is 12.0. The summed E-state index contributed by atoms with van der Waals surface area (Å²) in [4.78, 5) is 0. The molecule has 0 bridgehead atoms. The van der Waals surface area contributed by atoms with Crippen molar-refractivity contribution in [2.24, 2.45) is 0 Å². The zero-order valence-corrected chi connectivity index (χ0v) is 41.6. The van der Waals surface area contributed by atoms with Gasteiger partial charge in [0.2, 0.25) is 11.4 Å². The average molecular weight is 868 g/mol. The molecule has 0 amide bonds. The van der Waals surface area contributed by atoms with Gasteiger partial charge in [-0.2, -0.15) is 12.8 Å². The predicted octanol–water partition coefficient (Wildman–Crippen LogP) is 19.8. The molecule has 0 radical (unpaired) electrons. The Balaban J connectivity index is 0.00000152. The number of rotatable bonds is 33. The number of unbranched alkanes of at least 4 members (excludes halogenated alkanes) is 25. The van der Waals surface area contributed by atoms with Gasteiger partial charge in [-0.1, -0.05) is 219 Å². The largest absolute Gasteiger partial charge is 2.00 e. The molecule has 0 aliphatic carbocycles. The first-order valence-electron chi connectivity index (χ1n) is 25.6. The molecule has 60 heavy (non-hydrogen) atoms. The molecule has 2 nitrogen and oxygen atoms in total. The fourth-order valence-electron chi connectivity index (χ4n) is 8.27. The SMILES string of the molecule is CCCCCCCCc1cccc(C2=C(C)C(CCCCCC)=C(c3cccc(CCCCCCCC)c3)[N+]2=[N-])c1.[CH2-]CCCCCCCC.[CH2-]CCCCCCCC.[Ni+2].